The van der Waals surface area contributed by atoms with Crippen LogP contribution in [0.5, 0.6) is 0 Å². The van der Waals surface area contributed by atoms with Crippen LogP contribution in [0.25, 0.3) is 0 Å². The molecule has 2 heteroatoms. The van der Waals surface area contributed by atoms with Gasteiger partial charge in [0.2, 0.25) is 0 Å². The smallest absolute Gasteiger partial charge is 0.0173 e. The molecule has 0 aromatic carbocycles. The monoisotopic (exact) mass is 224 g/mol. The van der Waals surface area contributed by atoms with Gasteiger partial charge in [0.05, 0.1) is 0 Å². The lowest BCUT2D eigenvalue weighted by molar-refractivity contribution is 0.255. The first-order valence-corrected chi connectivity index (χ1v) is 7.24. The second-order valence-electron chi connectivity index (χ2n) is 5.77. The Kier molecular flexibility index (Phi) is 3.91. The number of hydrogen-bond donors (Lipinski definition) is 2. The van der Waals surface area contributed by atoms with Crippen molar-refractivity contribution in [2.75, 3.05) is 6.54 Å². The van der Waals surface area contributed by atoms with Crippen molar-refractivity contribution in [3.8, 4) is 0 Å². The summed E-state index contributed by atoms with van der Waals surface area (Å²) in [7, 11) is 0. The van der Waals surface area contributed by atoms with Gasteiger partial charge in [0.25, 0.3) is 0 Å². The maximum Gasteiger partial charge on any atom is 0.0173 e. The normalized spacial score (nSPS) is 33.6. The summed E-state index contributed by atoms with van der Waals surface area (Å²) in [5, 5.41) is 7.60. The molecule has 0 saturated carbocycles. The molecule has 0 radical (unpaired) electrons. The van der Waals surface area contributed by atoms with Crippen LogP contribution in [0, 0.1) is 5.92 Å². The minimum atomic E-state index is 0.405. The highest BCUT2D eigenvalue weighted by atomic mass is 15.1. The summed E-state index contributed by atoms with van der Waals surface area (Å²) >= 11 is 0. The van der Waals surface area contributed by atoms with E-state index in [1.165, 1.54) is 45.1 Å². The number of rotatable bonds is 6. The summed E-state index contributed by atoms with van der Waals surface area (Å²) in [5.41, 5.74) is 0.405. The van der Waals surface area contributed by atoms with Crippen LogP contribution in [-0.2, 0) is 0 Å². The molecule has 3 atom stereocenters. The number of fused-ring (bicyclic) bond motifs is 2. The molecule has 2 N–H and O–H groups in total. The van der Waals surface area contributed by atoms with Gasteiger partial charge in [-0.15, -0.1) is 0 Å². The van der Waals surface area contributed by atoms with E-state index < -0.39 is 0 Å². The van der Waals surface area contributed by atoms with Crippen molar-refractivity contribution in [2.24, 2.45) is 5.92 Å². The van der Waals surface area contributed by atoms with Crippen LogP contribution in [0.1, 0.15) is 59.3 Å². The highest BCUT2D eigenvalue weighted by molar-refractivity contribution is 4.99. The molecule has 0 amide bonds. The summed E-state index contributed by atoms with van der Waals surface area (Å²) in [6.07, 6.45) is 8.01. The Morgan fingerprint density at radius 1 is 1.12 bits per heavy atom. The Morgan fingerprint density at radius 2 is 1.81 bits per heavy atom. The Balaban J connectivity index is 1.82. The first kappa shape index (κ1) is 12.4. The highest BCUT2D eigenvalue weighted by Crippen LogP contribution is 2.33. The first-order chi connectivity index (χ1) is 7.73. The van der Waals surface area contributed by atoms with Gasteiger partial charge < -0.3 is 10.6 Å². The van der Waals surface area contributed by atoms with Crippen LogP contribution in [0.15, 0.2) is 0 Å². The quantitative estimate of drug-likeness (QED) is 0.725. The van der Waals surface area contributed by atoms with Crippen LogP contribution < -0.4 is 10.6 Å². The summed E-state index contributed by atoms with van der Waals surface area (Å²) < 4.78 is 0. The minimum Gasteiger partial charge on any atom is -0.311 e. The van der Waals surface area contributed by atoms with Crippen molar-refractivity contribution >= 4 is 0 Å². The topological polar surface area (TPSA) is 24.1 Å². The molecule has 3 unspecified atom stereocenters. The van der Waals surface area contributed by atoms with E-state index in [0.29, 0.717) is 5.54 Å². The third kappa shape index (κ3) is 2.28. The zero-order valence-electron chi connectivity index (χ0n) is 11.2. The molecule has 16 heavy (non-hydrogen) atoms. The molecule has 2 aliphatic heterocycles. The molecule has 2 nitrogen and oxygen atoms in total. The number of hydrogen-bond acceptors (Lipinski definition) is 2. The summed E-state index contributed by atoms with van der Waals surface area (Å²) in [6.45, 7) is 8.18. The predicted octanol–water partition coefficient (Wildman–Crippen LogP) is 2.69. The Morgan fingerprint density at radius 3 is 2.25 bits per heavy atom. The predicted molar refractivity (Wildman–Crippen MR) is 69.7 cm³/mol. The second kappa shape index (κ2) is 5.05. The first-order valence-electron chi connectivity index (χ1n) is 7.24. The molecule has 0 spiro atoms. The third-order valence-corrected chi connectivity index (χ3v) is 5.20. The van der Waals surface area contributed by atoms with E-state index in [1.54, 1.807) is 0 Å². The molecule has 2 heterocycles. The van der Waals surface area contributed by atoms with E-state index in [9.17, 15) is 0 Å². The fourth-order valence-corrected chi connectivity index (χ4v) is 3.64. The van der Waals surface area contributed by atoms with E-state index in [2.05, 4.69) is 31.4 Å². The van der Waals surface area contributed by atoms with Gasteiger partial charge >= 0.3 is 0 Å². The molecular weight excluding hydrogens is 196 g/mol. The van der Waals surface area contributed by atoms with Crippen LogP contribution in [0.2, 0.25) is 0 Å². The zero-order chi connectivity index (χ0) is 11.6. The van der Waals surface area contributed by atoms with Crippen molar-refractivity contribution in [1.29, 1.82) is 0 Å². The van der Waals surface area contributed by atoms with E-state index in [1.807, 2.05) is 0 Å². The van der Waals surface area contributed by atoms with Crippen LogP contribution in [-0.4, -0.2) is 24.2 Å². The number of nitrogens with one attached hydrogen (secondary N) is 2. The lowest BCUT2D eigenvalue weighted by Gasteiger charge is -2.34. The van der Waals surface area contributed by atoms with Gasteiger partial charge in [0, 0.05) is 24.2 Å². The Hall–Kier alpha value is -0.0800. The van der Waals surface area contributed by atoms with Crippen LogP contribution in [0.4, 0.5) is 0 Å². The van der Waals surface area contributed by atoms with E-state index in [4.69, 9.17) is 0 Å². The maximum atomic E-state index is 3.87. The molecular formula is C14H28N2. The van der Waals surface area contributed by atoms with Crippen molar-refractivity contribution in [3.05, 3.63) is 0 Å². The molecule has 2 aliphatic rings. The van der Waals surface area contributed by atoms with Crippen molar-refractivity contribution in [1.82, 2.24) is 10.6 Å². The molecule has 0 aromatic heterocycles. The minimum absolute atomic E-state index is 0.405. The standard InChI is InChI=1S/C14H28N2/c1-4-14(5-2,6-3)15-10-11-9-12-7-8-13(11)16-12/h11-13,15-16H,4-10H2,1-3H3. The molecule has 2 rings (SSSR count). The highest BCUT2D eigenvalue weighted by Gasteiger charge is 2.39. The maximum absolute atomic E-state index is 3.87. The van der Waals surface area contributed by atoms with Crippen molar-refractivity contribution in [3.63, 3.8) is 0 Å². The van der Waals surface area contributed by atoms with E-state index in [0.717, 1.165) is 18.0 Å². The summed E-state index contributed by atoms with van der Waals surface area (Å²) in [6, 6.07) is 1.66. The van der Waals surface area contributed by atoms with Gasteiger partial charge in [-0.05, 0) is 44.4 Å². The van der Waals surface area contributed by atoms with E-state index >= 15 is 0 Å². The van der Waals surface area contributed by atoms with Crippen molar-refractivity contribution in [2.45, 2.75) is 76.9 Å². The molecule has 0 aromatic rings. The third-order valence-electron chi connectivity index (χ3n) is 5.20. The lowest BCUT2D eigenvalue weighted by atomic mass is 9.86. The van der Waals surface area contributed by atoms with Gasteiger partial charge in [-0.25, -0.2) is 0 Å². The largest absolute Gasteiger partial charge is 0.311 e. The van der Waals surface area contributed by atoms with Crippen molar-refractivity contribution < 1.29 is 0 Å². The molecule has 2 saturated heterocycles. The van der Waals surface area contributed by atoms with Crippen LogP contribution in [0.3, 0.4) is 0 Å². The molecule has 2 fully saturated rings. The van der Waals surface area contributed by atoms with Gasteiger partial charge in [0.1, 0.15) is 0 Å². The average molecular weight is 224 g/mol. The van der Waals surface area contributed by atoms with Gasteiger partial charge in [0.15, 0.2) is 0 Å². The van der Waals surface area contributed by atoms with Gasteiger partial charge in [-0.3, -0.25) is 0 Å². The SMILES string of the molecule is CCC(CC)(CC)NCC1CC2CCC1N2. The average Bonchev–Trinajstić information content (AvgIpc) is 2.93. The Bertz CT molecular complexity index is 215. The molecule has 94 valence electrons. The van der Waals surface area contributed by atoms with Gasteiger partial charge in [-0.2, -0.15) is 0 Å². The fourth-order valence-electron chi connectivity index (χ4n) is 3.64. The summed E-state index contributed by atoms with van der Waals surface area (Å²) in [4.78, 5) is 0. The molecule has 2 bridgehead atoms. The van der Waals surface area contributed by atoms with E-state index in [-0.39, 0.29) is 0 Å². The fraction of sp³-hybridized carbons (Fsp3) is 1.00. The lowest BCUT2D eigenvalue weighted by Crippen LogP contribution is -2.47. The molecule has 0 aliphatic carbocycles. The van der Waals surface area contributed by atoms with Crippen LogP contribution >= 0.6 is 0 Å². The zero-order valence-corrected chi connectivity index (χ0v) is 11.2. The summed E-state index contributed by atoms with van der Waals surface area (Å²) in [5.74, 6) is 0.891. The van der Waals surface area contributed by atoms with Gasteiger partial charge in [-0.1, -0.05) is 20.8 Å². The Labute approximate surface area is 101 Å². The second-order valence-corrected chi connectivity index (χ2v) is 5.77.